The Hall–Kier alpha value is -1.75. The van der Waals surface area contributed by atoms with Gasteiger partial charge in [-0.15, -0.1) is 0 Å². The van der Waals surface area contributed by atoms with Gasteiger partial charge in [0.05, 0.1) is 17.3 Å². The monoisotopic (exact) mass is 284 g/mol. The smallest absolute Gasteiger partial charge is 0.305 e. The standard InChI is InChI=1S/C13H17ClN2O3/c1-2-19-12(17)4-3-7-16-13(18)9-5-6-11(15)10(14)8-9/h5-6,8H,2-4,7,15H2,1H3,(H,16,18). The molecule has 6 heteroatoms. The predicted molar refractivity (Wildman–Crippen MR) is 74.1 cm³/mol. The number of rotatable bonds is 6. The number of nitrogen functional groups attached to an aromatic ring is 1. The molecule has 1 aromatic carbocycles. The highest BCUT2D eigenvalue weighted by Gasteiger charge is 2.07. The minimum atomic E-state index is -0.257. The Morgan fingerprint density at radius 1 is 1.42 bits per heavy atom. The second-order valence-electron chi connectivity index (χ2n) is 3.90. The lowest BCUT2D eigenvalue weighted by Crippen LogP contribution is -2.25. The van der Waals surface area contributed by atoms with E-state index in [1.54, 1.807) is 19.1 Å². The molecular formula is C13H17ClN2O3. The fourth-order valence-electron chi connectivity index (χ4n) is 1.44. The molecule has 1 rings (SSSR count). The molecule has 3 N–H and O–H groups in total. The van der Waals surface area contributed by atoms with Crippen molar-refractivity contribution < 1.29 is 14.3 Å². The number of ether oxygens (including phenoxy) is 1. The average Bonchev–Trinajstić information content (AvgIpc) is 2.38. The fraction of sp³-hybridized carbons (Fsp3) is 0.385. The van der Waals surface area contributed by atoms with E-state index in [4.69, 9.17) is 22.1 Å². The van der Waals surface area contributed by atoms with Gasteiger partial charge in [-0.25, -0.2) is 0 Å². The molecule has 104 valence electrons. The molecule has 0 aliphatic carbocycles. The quantitative estimate of drug-likeness (QED) is 0.475. The van der Waals surface area contributed by atoms with Gasteiger partial charge < -0.3 is 15.8 Å². The number of hydrogen-bond acceptors (Lipinski definition) is 4. The molecule has 0 saturated carbocycles. The second-order valence-corrected chi connectivity index (χ2v) is 4.31. The first-order chi connectivity index (χ1) is 9.04. The molecule has 0 fully saturated rings. The van der Waals surface area contributed by atoms with Crippen molar-refractivity contribution in [3.63, 3.8) is 0 Å². The highest BCUT2D eigenvalue weighted by molar-refractivity contribution is 6.33. The molecule has 0 bridgehead atoms. The minimum absolute atomic E-state index is 0.245. The predicted octanol–water partition coefficient (Wildman–Crippen LogP) is 2.00. The van der Waals surface area contributed by atoms with Gasteiger partial charge in [0, 0.05) is 18.5 Å². The van der Waals surface area contributed by atoms with E-state index in [1.165, 1.54) is 6.07 Å². The summed E-state index contributed by atoms with van der Waals surface area (Å²) < 4.78 is 4.78. The number of anilines is 1. The number of hydrogen-bond donors (Lipinski definition) is 2. The largest absolute Gasteiger partial charge is 0.466 e. The molecular weight excluding hydrogens is 268 g/mol. The number of carbonyl (C=O) groups excluding carboxylic acids is 2. The van der Waals surface area contributed by atoms with Crippen molar-refractivity contribution >= 4 is 29.2 Å². The SMILES string of the molecule is CCOC(=O)CCCNC(=O)c1ccc(N)c(Cl)c1. The van der Waals surface area contributed by atoms with Crippen LogP contribution in [0.25, 0.3) is 0 Å². The van der Waals surface area contributed by atoms with E-state index in [0.29, 0.717) is 35.8 Å². The topological polar surface area (TPSA) is 81.4 Å². The summed E-state index contributed by atoms with van der Waals surface area (Å²) in [5.74, 6) is -0.502. The van der Waals surface area contributed by atoms with Gasteiger partial charge in [0.25, 0.3) is 5.91 Å². The van der Waals surface area contributed by atoms with E-state index >= 15 is 0 Å². The first kappa shape index (κ1) is 15.3. The molecule has 0 unspecified atom stereocenters. The van der Waals surface area contributed by atoms with E-state index < -0.39 is 0 Å². The summed E-state index contributed by atoms with van der Waals surface area (Å²) in [6, 6.07) is 4.69. The summed E-state index contributed by atoms with van der Waals surface area (Å²) in [7, 11) is 0. The van der Waals surface area contributed by atoms with Gasteiger partial charge in [0.1, 0.15) is 0 Å². The van der Waals surface area contributed by atoms with E-state index in [-0.39, 0.29) is 18.3 Å². The van der Waals surface area contributed by atoms with E-state index in [9.17, 15) is 9.59 Å². The van der Waals surface area contributed by atoms with Crippen LogP contribution in [0.1, 0.15) is 30.1 Å². The molecule has 1 aromatic rings. The van der Waals surface area contributed by atoms with Gasteiger partial charge in [-0.2, -0.15) is 0 Å². The molecule has 0 spiro atoms. The van der Waals surface area contributed by atoms with Gasteiger partial charge in [0.15, 0.2) is 0 Å². The summed E-state index contributed by atoms with van der Waals surface area (Å²) in [5, 5.41) is 3.04. The van der Waals surface area contributed by atoms with Gasteiger partial charge >= 0.3 is 5.97 Å². The molecule has 0 atom stereocenters. The van der Waals surface area contributed by atoms with Crippen LogP contribution in [0, 0.1) is 0 Å². The summed E-state index contributed by atoms with van der Waals surface area (Å²) >= 11 is 5.83. The Morgan fingerprint density at radius 2 is 2.16 bits per heavy atom. The maximum Gasteiger partial charge on any atom is 0.305 e. The highest BCUT2D eigenvalue weighted by atomic mass is 35.5. The van der Waals surface area contributed by atoms with Crippen molar-refractivity contribution in [3.05, 3.63) is 28.8 Å². The van der Waals surface area contributed by atoms with Crippen LogP contribution in [0.15, 0.2) is 18.2 Å². The summed E-state index contributed by atoms with van der Waals surface area (Å²) in [5.41, 5.74) is 6.43. The number of esters is 1. The summed E-state index contributed by atoms with van der Waals surface area (Å²) in [4.78, 5) is 22.8. The third-order valence-electron chi connectivity index (χ3n) is 2.41. The van der Waals surface area contributed by atoms with Crippen molar-refractivity contribution in [3.8, 4) is 0 Å². The molecule has 19 heavy (non-hydrogen) atoms. The zero-order valence-electron chi connectivity index (χ0n) is 10.7. The maximum atomic E-state index is 11.8. The highest BCUT2D eigenvalue weighted by Crippen LogP contribution is 2.19. The van der Waals surface area contributed by atoms with E-state index in [2.05, 4.69) is 5.32 Å². The second kappa shape index (κ2) is 7.63. The zero-order valence-corrected chi connectivity index (χ0v) is 11.5. The summed E-state index contributed by atoms with van der Waals surface area (Å²) in [6.45, 7) is 2.53. The van der Waals surface area contributed by atoms with E-state index in [0.717, 1.165) is 0 Å². The number of nitrogens with two attached hydrogens (primary N) is 1. The van der Waals surface area contributed by atoms with Crippen molar-refractivity contribution in [1.82, 2.24) is 5.32 Å². The number of benzene rings is 1. The minimum Gasteiger partial charge on any atom is -0.466 e. The molecule has 5 nitrogen and oxygen atoms in total. The van der Waals surface area contributed by atoms with Crippen LogP contribution < -0.4 is 11.1 Å². The summed E-state index contributed by atoms with van der Waals surface area (Å²) in [6.07, 6.45) is 0.823. The lowest BCUT2D eigenvalue weighted by Gasteiger charge is -2.06. The number of nitrogens with one attached hydrogen (secondary N) is 1. The molecule has 1 amide bonds. The number of carbonyl (C=O) groups is 2. The van der Waals surface area contributed by atoms with Crippen molar-refractivity contribution in [2.24, 2.45) is 0 Å². The Kier molecular flexibility index (Phi) is 6.15. The molecule has 0 aliphatic rings. The van der Waals surface area contributed by atoms with Crippen LogP contribution in [0.2, 0.25) is 5.02 Å². The average molecular weight is 285 g/mol. The number of halogens is 1. The maximum absolute atomic E-state index is 11.8. The first-order valence-electron chi connectivity index (χ1n) is 6.03. The molecule has 0 radical (unpaired) electrons. The third-order valence-corrected chi connectivity index (χ3v) is 2.74. The Bertz CT molecular complexity index is 463. The van der Waals surface area contributed by atoms with Crippen LogP contribution in [0.5, 0.6) is 0 Å². The lowest BCUT2D eigenvalue weighted by atomic mass is 10.2. The van der Waals surface area contributed by atoms with Crippen molar-refractivity contribution in [2.75, 3.05) is 18.9 Å². The van der Waals surface area contributed by atoms with Crippen LogP contribution in [0.3, 0.4) is 0 Å². The molecule has 0 aliphatic heterocycles. The van der Waals surface area contributed by atoms with Gasteiger partial charge in [-0.05, 0) is 31.5 Å². The van der Waals surface area contributed by atoms with E-state index in [1.807, 2.05) is 0 Å². The molecule has 0 aromatic heterocycles. The van der Waals surface area contributed by atoms with Crippen LogP contribution in [-0.4, -0.2) is 25.0 Å². The van der Waals surface area contributed by atoms with Crippen molar-refractivity contribution in [2.45, 2.75) is 19.8 Å². The number of amides is 1. The Labute approximate surface area is 117 Å². The molecule has 0 saturated heterocycles. The third kappa shape index (κ3) is 5.18. The van der Waals surface area contributed by atoms with Crippen LogP contribution >= 0.6 is 11.6 Å². The Morgan fingerprint density at radius 3 is 2.79 bits per heavy atom. The van der Waals surface area contributed by atoms with Gasteiger partial charge in [-0.1, -0.05) is 11.6 Å². The fourth-order valence-corrected chi connectivity index (χ4v) is 1.62. The van der Waals surface area contributed by atoms with Crippen LogP contribution in [-0.2, 0) is 9.53 Å². The first-order valence-corrected chi connectivity index (χ1v) is 6.41. The van der Waals surface area contributed by atoms with Crippen molar-refractivity contribution in [1.29, 1.82) is 0 Å². The van der Waals surface area contributed by atoms with Crippen LogP contribution in [0.4, 0.5) is 5.69 Å². The molecule has 0 heterocycles. The van der Waals surface area contributed by atoms with Gasteiger partial charge in [0.2, 0.25) is 0 Å². The lowest BCUT2D eigenvalue weighted by molar-refractivity contribution is -0.143. The van der Waals surface area contributed by atoms with Gasteiger partial charge in [-0.3, -0.25) is 9.59 Å². The Balaban J connectivity index is 2.35. The normalized spacial score (nSPS) is 10.0. The zero-order chi connectivity index (χ0) is 14.3.